The molecule has 0 radical (unpaired) electrons. The summed E-state index contributed by atoms with van der Waals surface area (Å²) in [5.74, 6) is -0.486. The third kappa shape index (κ3) is 3.98. The van der Waals surface area contributed by atoms with Crippen LogP contribution in [0, 0.1) is 6.92 Å². The second kappa shape index (κ2) is 7.86. The number of aryl methyl sites for hydroxylation is 2. The molecule has 2 amide bonds. The highest BCUT2D eigenvalue weighted by Crippen LogP contribution is 2.38. The van der Waals surface area contributed by atoms with Gasteiger partial charge in [-0.15, -0.1) is 11.3 Å². The van der Waals surface area contributed by atoms with Crippen molar-refractivity contribution in [3.05, 3.63) is 43.7 Å². The molecule has 0 fully saturated rings. The summed E-state index contributed by atoms with van der Waals surface area (Å²) in [5, 5.41) is 4.09. The molecule has 1 aromatic carbocycles. The van der Waals surface area contributed by atoms with Gasteiger partial charge in [-0.05, 0) is 55.9 Å². The van der Waals surface area contributed by atoms with Gasteiger partial charge < -0.3 is 15.8 Å². The highest BCUT2D eigenvalue weighted by atomic mass is 35.5. The zero-order valence-corrected chi connectivity index (χ0v) is 16.5. The van der Waals surface area contributed by atoms with Crippen LogP contribution in [-0.2, 0) is 17.6 Å². The highest BCUT2D eigenvalue weighted by molar-refractivity contribution is 7.17. The summed E-state index contributed by atoms with van der Waals surface area (Å²) in [6, 6.07) is 3.26. The van der Waals surface area contributed by atoms with Crippen LogP contribution in [0.5, 0.6) is 5.75 Å². The number of rotatable bonds is 5. The van der Waals surface area contributed by atoms with Crippen molar-refractivity contribution in [2.75, 3.05) is 11.9 Å². The number of hydrogen-bond acceptors (Lipinski definition) is 4. The topological polar surface area (TPSA) is 81.4 Å². The van der Waals surface area contributed by atoms with E-state index in [-0.39, 0.29) is 12.5 Å². The van der Waals surface area contributed by atoms with Crippen LogP contribution < -0.4 is 15.8 Å². The molecular weight excluding hydrogens is 395 g/mol. The minimum absolute atomic E-state index is 0.233. The molecule has 1 heterocycles. The van der Waals surface area contributed by atoms with E-state index in [9.17, 15) is 9.59 Å². The van der Waals surface area contributed by atoms with E-state index in [0.29, 0.717) is 26.4 Å². The number of nitrogens with one attached hydrogen (secondary N) is 1. The predicted octanol–water partition coefficient (Wildman–Crippen LogP) is 4.36. The van der Waals surface area contributed by atoms with Crippen LogP contribution in [0.2, 0.25) is 10.0 Å². The Bertz CT molecular complexity index is 857. The lowest BCUT2D eigenvalue weighted by molar-refractivity contribution is -0.118. The van der Waals surface area contributed by atoms with Crippen LogP contribution in [0.3, 0.4) is 0 Å². The maximum atomic E-state index is 12.3. The van der Waals surface area contributed by atoms with Gasteiger partial charge in [0.1, 0.15) is 10.8 Å². The second-order valence-electron chi connectivity index (χ2n) is 6.15. The van der Waals surface area contributed by atoms with Gasteiger partial charge in [-0.3, -0.25) is 9.59 Å². The van der Waals surface area contributed by atoms with Crippen LogP contribution in [0.1, 0.15) is 39.2 Å². The summed E-state index contributed by atoms with van der Waals surface area (Å²) < 4.78 is 5.54. The summed E-state index contributed by atoms with van der Waals surface area (Å²) in [5.41, 5.74) is 7.67. The van der Waals surface area contributed by atoms with E-state index in [1.165, 1.54) is 11.3 Å². The first-order valence-electron chi connectivity index (χ1n) is 8.19. The smallest absolute Gasteiger partial charge is 0.262 e. The monoisotopic (exact) mass is 412 g/mol. The summed E-state index contributed by atoms with van der Waals surface area (Å²) >= 11 is 13.5. The van der Waals surface area contributed by atoms with Crippen LogP contribution >= 0.6 is 34.5 Å². The van der Waals surface area contributed by atoms with Gasteiger partial charge in [0, 0.05) is 9.90 Å². The zero-order chi connectivity index (χ0) is 18.8. The van der Waals surface area contributed by atoms with Gasteiger partial charge in [-0.1, -0.05) is 23.2 Å². The van der Waals surface area contributed by atoms with E-state index < -0.39 is 5.91 Å². The average molecular weight is 413 g/mol. The first kappa shape index (κ1) is 19.0. The lowest BCUT2D eigenvalue weighted by Crippen LogP contribution is -2.22. The molecule has 1 aliphatic rings. The normalized spacial score (nSPS) is 13.2. The molecule has 1 aromatic heterocycles. The Balaban J connectivity index is 1.73. The van der Waals surface area contributed by atoms with Crippen molar-refractivity contribution in [3.8, 4) is 5.75 Å². The molecule has 0 saturated carbocycles. The third-order valence-corrected chi connectivity index (χ3v) is 5.92. The van der Waals surface area contributed by atoms with Gasteiger partial charge in [0.2, 0.25) is 0 Å². The van der Waals surface area contributed by atoms with Crippen molar-refractivity contribution in [1.29, 1.82) is 0 Å². The van der Waals surface area contributed by atoms with Crippen molar-refractivity contribution in [2.45, 2.75) is 32.6 Å². The van der Waals surface area contributed by atoms with Crippen molar-refractivity contribution >= 4 is 51.4 Å². The number of primary amides is 1. The van der Waals surface area contributed by atoms with Crippen molar-refractivity contribution in [2.24, 2.45) is 5.73 Å². The molecule has 3 N–H and O–H groups in total. The lowest BCUT2D eigenvalue weighted by Gasteiger charge is -2.12. The van der Waals surface area contributed by atoms with Crippen LogP contribution in [-0.4, -0.2) is 18.4 Å². The Morgan fingerprint density at radius 2 is 2.00 bits per heavy atom. The Morgan fingerprint density at radius 3 is 2.69 bits per heavy atom. The molecule has 0 bridgehead atoms. The quantitative estimate of drug-likeness (QED) is 0.764. The number of nitrogens with two attached hydrogens (primary N) is 1. The Morgan fingerprint density at radius 1 is 1.27 bits per heavy atom. The largest absolute Gasteiger partial charge is 0.482 e. The number of fused-ring (bicyclic) bond motifs is 1. The molecule has 1 aliphatic carbocycles. The van der Waals surface area contributed by atoms with E-state index in [1.54, 1.807) is 19.1 Å². The molecule has 0 aliphatic heterocycles. The number of amides is 2. The summed E-state index contributed by atoms with van der Waals surface area (Å²) in [6.07, 6.45) is 3.83. The standard InChI is InChI=1S/C18H18Cl2N2O3S/c1-9-6-10(19)7-12(20)16(9)25-8-14(23)22-18-15(17(21)24)11-4-2-3-5-13(11)26-18/h6-7H,2-5,8H2,1H3,(H2,21,24)(H,22,23). The number of halogens is 2. The first-order chi connectivity index (χ1) is 12.4. The van der Waals surface area contributed by atoms with E-state index in [2.05, 4.69) is 5.32 Å². The highest BCUT2D eigenvalue weighted by Gasteiger charge is 2.25. The fourth-order valence-electron chi connectivity index (χ4n) is 3.09. The Hall–Kier alpha value is -1.76. The first-order valence-corrected chi connectivity index (χ1v) is 9.76. The average Bonchev–Trinajstić information content (AvgIpc) is 2.91. The van der Waals surface area contributed by atoms with Gasteiger partial charge >= 0.3 is 0 Å². The number of carbonyl (C=O) groups is 2. The lowest BCUT2D eigenvalue weighted by atomic mass is 9.95. The summed E-state index contributed by atoms with van der Waals surface area (Å²) in [7, 11) is 0. The molecular formula is C18H18Cl2N2O3S. The van der Waals surface area contributed by atoms with Crippen LogP contribution in [0.25, 0.3) is 0 Å². The zero-order valence-electron chi connectivity index (χ0n) is 14.2. The fraction of sp³-hybridized carbons (Fsp3) is 0.333. The third-order valence-electron chi connectivity index (χ3n) is 4.21. The number of carbonyl (C=O) groups excluding carboxylic acids is 2. The maximum absolute atomic E-state index is 12.3. The number of hydrogen-bond donors (Lipinski definition) is 2. The van der Waals surface area contributed by atoms with E-state index >= 15 is 0 Å². The molecule has 5 nitrogen and oxygen atoms in total. The number of thiophene rings is 1. The van der Waals surface area contributed by atoms with Crippen molar-refractivity contribution in [1.82, 2.24) is 0 Å². The molecule has 0 atom stereocenters. The van der Waals surface area contributed by atoms with E-state index in [1.807, 2.05) is 0 Å². The summed E-state index contributed by atoms with van der Waals surface area (Å²) in [6.45, 7) is 1.56. The minimum atomic E-state index is -0.516. The molecule has 26 heavy (non-hydrogen) atoms. The maximum Gasteiger partial charge on any atom is 0.262 e. The summed E-state index contributed by atoms with van der Waals surface area (Å²) in [4.78, 5) is 25.3. The van der Waals surface area contributed by atoms with Gasteiger partial charge in [0.15, 0.2) is 6.61 Å². The van der Waals surface area contributed by atoms with Gasteiger partial charge in [0.05, 0.1) is 10.6 Å². The van der Waals surface area contributed by atoms with Gasteiger partial charge in [-0.2, -0.15) is 0 Å². The minimum Gasteiger partial charge on any atom is -0.482 e. The van der Waals surface area contributed by atoms with Crippen LogP contribution in [0.4, 0.5) is 5.00 Å². The van der Waals surface area contributed by atoms with E-state index in [4.69, 9.17) is 33.7 Å². The molecule has 0 spiro atoms. The predicted molar refractivity (Wildman–Crippen MR) is 105 cm³/mol. The molecule has 0 saturated heterocycles. The SMILES string of the molecule is Cc1cc(Cl)cc(Cl)c1OCC(=O)Nc1sc2c(c1C(N)=O)CCCC2. The molecule has 3 rings (SSSR count). The van der Waals surface area contributed by atoms with Gasteiger partial charge in [-0.25, -0.2) is 0 Å². The second-order valence-corrected chi connectivity index (χ2v) is 8.10. The number of anilines is 1. The van der Waals surface area contributed by atoms with Crippen LogP contribution in [0.15, 0.2) is 12.1 Å². The Labute approximate surface area is 165 Å². The van der Waals surface area contributed by atoms with E-state index in [0.717, 1.165) is 41.7 Å². The Kier molecular flexibility index (Phi) is 5.75. The molecule has 8 heteroatoms. The number of ether oxygens (including phenoxy) is 1. The van der Waals surface area contributed by atoms with Crippen molar-refractivity contribution < 1.29 is 14.3 Å². The van der Waals surface area contributed by atoms with Gasteiger partial charge in [0.25, 0.3) is 11.8 Å². The molecule has 0 unspecified atom stereocenters. The molecule has 138 valence electrons. The number of benzene rings is 1. The van der Waals surface area contributed by atoms with Crippen molar-refractivity contribution in [3.63, 3.8) is 0 Å². The fourth-order valence-corrected chi connectivity index (χ4v) is 5.05. The molecule has 2 aromatic rings.